The monoisotopic (exact) mass is 313 g/mol. The molecule has 1 aliphatic rings. The van der Waals surface area contributed by atoms with E-state index >= 15 is 0 Å². The molecular formula is C18H23N3O2. The number of carbonyl (C=O) groups excluding carboxylic acids is 1. The first-order chi connectivity index (χ1) is 11.2. The number of hydrogen-bond donors (Lipinski definition) is 2. The van der Waals surface area contributed by atoms with Crippen LogP contribution in [-0.2, 0) is 4.74 Å². The predicted molar refractivity (Wildman–Crippen MR) is 89.3 cm³/mol. The van der Waals surface area contributed by atoms with E-state index in [1.165, 1.54) is 18.4 Å². The molecule has 0 bridgehead atoms. The third kappa shape index (κ3) is 4.66. The average Bonchev–Trinajstić information content (AvgIpc) is 3.25. The lowest BCUT2D eigenvalue weighted by atomic mass is 10.1. The van der Waals surface area contributed by atoms with Crippen molar-refractivity contribution in [3.05, 3.63) is 41.6 Å². The number of carbonyl (C=O) groups is 1. The number of ether oxygens (including phenoxy) is 1. The summed E-state index contributed by atoms with van der Waals surface area (Å²) in [7, 11) is 0. The van der Waals surface area contributed by atoms with Crippen LogP contribution in [0.2, 0.25) is 0 Å². The first kappa shape index (κ1) is 15.7. The van der Waals surface area contributed by atoms with Gasteiger partial charge in [-0.3, -0.25) is 9.89 Å². The second kappa shape index (κ2) is 7.42. The van der Waals surface area contributed by atoms with E-state index in [2.05, 4.69) is 15.5 Å². The van der Waals surface area contributed by atoms with Gasteiger partial charge in [0.2, 0.25) is 0 Å². The summed E-state index contributed by atoms with van der Waals surface area (Å²) < 4.78 is 5.55. The molecule has 122 valence electrons. The molecule has 1 aliphatic carbocycles. The van der Waals surface area contributed by atoms with Crippen LogP contribution in [0, 0.1) is 12.8 Å². The Morgan fingerprint density at radius 3 is 2.87 bits per heavy atom. The van der Waals surface area contributed by atoms with Crippen molar-refractivity contribution in [2.45, 2.75) is 26.2 Å². The molecule has 1 saturated carbocycles. The fraction of sp³-hybridized carbons (Fsp3) is 0.444. The molecule has 5 heteroatoms. The van der Waals surface area contributed by atoms with E-state index in [0.717, 1.165) is 30.2 Å². The summed E-state index contributed by atoms with van der Waals surface area (Å²) in [4.78, 5) is 12.1. The number of nitrogens with one attached hydrogen (secondary N) is 2. The summed E-state index contributed by atoms with van der Waals surface area (Å²) in [5.74, 6) is 0.660. The Balaban J connectivity index is 1.43. The minimum atomic E-state index is -0.127. The molecule has 0 atom stereocenters. The van der Waals surface area contributed by atoms with E-state index in [4.69, 9.17) is 4.74 Å². The van der Waals surface area contributed by atoms with Crippen LogP contribution < -0.4 is 5.32 Å². The lowest BCUT2D eigenvalue weighted by molar-refractivity contribution is 0.0932. The molecule has 0 unspecified atom stereocenters. The van der Waals surface area contributed by atoms with Gasteiger partial charge in [-0.1, -0.05) is 29.8 Å². The first-order valence-electron chi connectivity index (χ1n) is 8.21. The van der Waals surface area contributed by atoms with Gasteiger partial charge in [0.1, 0.15) is 5.69 Å². The second-order valence-electron chi connectivity index (χ2n) is 6.16. The third-order valence-electron chi connectivity index (χ3n) is 3.97. The van der Waals surface area contributed by atoms with Gasteiger partial charge >= 0.3 is 0 Å². The highest BCUT2D eigenvalue weighted by Gasteiger charge is 2.20. The summed E-state index contributed by atoms with van der Waals surface area (Å²) in [6.07, 6.45) is 3.44. The van der Waals surface area contributed by atoms with Gasteiger partial charge in [-0.15, -0.1) is 0 Å². The van der Waals surface area contributed by atoms with Crippen LogP contribution in [0.15, 0.2) is 30.3 Å². The number of benzene rings is 1. The predicted octanol–water partition coefficient (Wildman–Crippen LogP) is 2.93. The molecule has 23 heavy (non-hydrogen) atoms. The molecule has 0 spiro atoms. The lowest BCUT2D eigenvalue weighted by Gasteiger charge is -2.04. The number of nitrogens with zero attached hydrogens (tertiary/aromatic N) is 1. The number of rotatable bonds is 8. The van der Waals surface area contributed by atoms with Gasteiger partial charge in [-0.25, -0.2) is 0 Å². The highest BCUT2D eigenvalue weighted by atomic mass is 16.5. The Labute approximate surface area is 136 Å². The molecule has 2 aromatic rings. The fourth-order valence-corrected chi connectivity index (χ4v) is 2.32. The molecule has 1 heterocycles. The van der Waals surface area contributed by atoms with E-state index in [1.54, 1.807) is 6.07 Å². The number of H-pyrrole nitrogens is 1. The van der Waals surface area contributed by atoms with Crippen molar-refractivity contribution in [2.24, 2.45) is 5.92 Å². The number of aromatic amines is 1. The Morgan fingerprint density at radius 1 is 1.35 bits per heavy atom. The third-order valence-corrected chi connectivity index (χ3v) is 3.97. The highest BCUT2D eigenvalue weighted by Crippen LogP contribution is 2.28. The maximum absolute atomic E-state index is 12.1. The zero-order valence-corrected chi connectivity index (χ0v) is 13.5. The van der Waals surface area contributed by atoms with Crippen LogP contribution in [0.4, 0.5) is 0 Å². The molecule has 0 saturated heterocycles. The number of aryl methyl sites for hydroxylation is 1. The topological polar surface area (TPSA) is 67.0 Å². The Hall–Kier alpha value is -2.14. The Morgan fingerprint density at radius 2 is 2.13 bits per heavy atom. The first-order valence-corrected chi connectivity index (χ1v) is 8.21. The molecule has 1 amide bonds. The molecule has 0 aliphatic heterocycles. The van der Waals surface area contributed by atoms with E-state index in [9.17, 15) is 4.79 Å². The SMILES string of the molecule is Cc1ccc(-c2cc(C(=O)NCCCOCC3CC3)[nH]n2)cc1. The van der Waals surface area contributed by atoms with E-state index in [1.807, 2.05) is 31.2 Å². The molecular weight excluding hydrogens is 290 g/mol. The summed E-state index contributed by atoms with van der Waals surface area (Å²) in [6.45, 7) is 4.23. The van der Waals surface area contributed by atoms with Crippen molar-refractivity contribution < 1.29 is 9.53 Å². The smallest absolute Gasteiger partial charge is 0.269 e. The maximum atomic E-state index is 12.1. The van der Waals surface area contributed by atoms with Gasteiger partial charge in [-0.05, 0) is 38.2 Å². The van der Waals surface area contributed by atoms with E-state index < -0.39 is 0 Å². The van der Waals surface area contributed by atoms with Gasteiger partial charge < -0.3 is 10.1 Å². The molecule has 1 aromatic carbocycles. The highest BCUT2D eigenvalue weighted by molar-refractivity contribution is 5.93. The zero-order valence-electron chi connectivity index (χ0n) is 13.5. The lowest BCUT2D eigenvalue weighted by Crippen LogP contribution is -2.25. The minimum Gasteiger partial charge on any atom is -0.381 e. The van der Waals surface area contributed by atoms with Crippen LogP contribution in [0.25, 0.3) is 11.3 Å². The van der Waals surface area contributed by atoms with E-state index in [-0.39, 0.29) is 5.91 Å². The minimum absolute atomic E-state index is 0.127. The molecule has 1 fully saturated rings. The summed E-state index contributed by atoms with van der Waals surface area (Å²) >= 11 is 0. The van der Waals surface area contributed by atoms with Crippen molar-refractivity contribution >= 4 is 5.91 Å². The number of aromatic nitrogens is 2. The summed E-state index contributed by atoms with van der Waals surface area (Å²) in [5.41, 5.74) is 3.47. The van der Waals surface area contributed by atoms with Gasteiger partial charge in [-0.2, -0.15) is 5.10 Å². The van der Waals surface area contributed by atoms with Crippen molar-refractivity contribution in [1.82, 2.24) is 15.5 Å². The molecule has 0 radical (unpaired) electrons. The summed E-state index contributed by atoms with van der Waals surface area (Å²) in [5, 5.41) is 9.90. The van der Waals surface area contributed by atoms with Crippen LogP contribution >= 0.6 is 0 Å². The van der Waals surface area contributed by atoms with Crippen LogP contribution in [-0.4, -0.2) is 35.9 Å². The fourth-order valence-electron chi connectivity index (χ4n) is 2.32. The van der Waals surface area contributed by atoms with Crippen molar-refractivity contribution in [1.29, 1.82) is 0 Å². The Bertz CT molecular complexity index is 645. The molecule has 2 N–H and O–H groups in total. The van der Waals surface area contributed by atoms with Gasteiger partial charge in [0, 0.05) is 25.3 Å². The zero-order chi connectivity index (χ0) is 16.1. The number of amides is 1. The van der Waals surface area contributed by atoms with Crippen LogP contribution in [0.1, 0.15) is 35.3 Å². The van der Waals surface area contributed by atoms with Crippen LogP contribution in [0.3, 0.4) is 0 Å². The van der Waals surface area contributed by atoms with Crippen molar-refractivity contribution in [2.75, 3.05) is 19.8 Å². The molecule has 5 nitrogen and oxygen atoms in total. The second-order valence-corrected chi connectivity index (χ2v) is 6.16. The largest absolute Gasteiger partial charge is 0.381 e. The Kier molecular flexibility index (Phi) is 5.08. The van der Waals surface area contributed by atoms with Crippen LogP contribution in [0.5, 0.6) is 0 Å². The standard InChI is InChI=1S/C18H23N3O2/c1-13-3-7-15(8-4-13)16-11-17(21-20-16)18(22)19-9-2-10-23-12-14-5-6-14/h3-4,7-8,11,14H,2,5-6,9-10,12H2,1H3,(H,19,22)(H,20,21). The molecule has 1 aromatic heterocycles. The maximum Gasteiger partial charge on any atom is 0.269 e. The van der Waals surface area contributed by atoms with Gasteiger partial charge in [0.05, 0.1) is 5.69 Å². The van der Waals surface area contributed by atoms with Crippen molar-refractivity contribution in [3.8, 4) is 11.3 Å². The van der Waals surface area contributed by atoms with E-state index in [0.29, 0.717) is 18.8 Å². The normalized spacial score (nSPS) is 14.0. The number of hydrogen-bond acceptors (Lipinski definition) is 3. The van der Waals surface area contributed by atoms with Gasteiger partial charge in [0.15, 0.2) is 0 Å². The van der Waals surface area contributed by atoms with Crippen molar-refractivity contribution in [3.63, 3.8) is 0 Å². The average molecular weight is 313 g/mol. The van der Waals surface area contributed by atoms with Gasteiger partial charge in [0.25, 0.3) is 5.91 Å². The summed E-state index contributed by atoms with van der Waals surface area (Å²) in [6, 6.07) is 9.86. The quantitative estimate of drug-likeness (QED) is 0.736. The molecule has 3 rings (SSSR count).